The van der Waals surface area contributed by atoms with Crippen molar-refractivity contribution in [3.63, 3.8) is 0 Å². The van der Waals surface area contributed by atoms with Crippen LogP contribution < -0.4 is 9.13 Å². The van der Waals surface area contributed by atoms with Gasteiger partial charge in [0.15, 0.2) is 37.9 Å². The number of aliphatic hydroxyl groups excluding tert-OH is 2. The molecule has 0 aliphatic carbocycles. The molecule has 0 aliphatic heterocycles. The molecule has 0 radical (unpaired) electrons. The summed E-state index contributed by atoms with van der Waals surface area (Å²) in [6, 6.07) is 8.39. The lowest BCUT2D eigenvalue weighted by Gasteiger charge is -2.05. The maximum atomic E-state index is 9.10. The summed E-state index contributed by atoms with van der Waals surface area (Å²) >= 11 is 0. The van der Waals surface area contributed by atoms with Crippen molar-refractivity contribution < 1.29 is 19.3 Å². The normalized spacial score (nSPS) is 13.8. The lowest BCUT2D eigenvalue weighted by Crippen LogP contribution is -2.37. The van der Waals surface area contributed by atoms with Gasteiger partial charge in [0.05, 0.1) is 13.2 Å². The first-order chi connectivity index (χ1) is 10.6. The van der Waals surface area contributed by atoms with E-state index in [1.165, 1.54) is 11.1 Å². The van der Waals surface area contributed by atoms with Gasteiger partial charge in [-0.05, 0) is 11.1 Å². The van der Waals surface area contributed by atoms with Crippen LogP contribution in [0.1, 0.15) is 13.8 Å². The zero-order chi connectivity index (χ0) is 15.9. The Morgan fingerprint density at radius 3 is 1.32 bits per heavy atom. The van der Waals surface area contributed by atoms with Crippen LogP contribution in [0, 0.1) is 11.8 Å². The summed E-state index contributed by atoms with van der Waals surface area (Å²) in [5, 5.41) is 18.2. The van der Waals surface area contributed by atoms with E-state index < -0.39 is 0 Å². The molecule has 22 heavy (non-hydrogen) atoms. The predicted molar refractivity (Wildman–Crippen MR) is 84.8 cm³/mol. The summed E-state index contributed by atoms with van der Waals surface area (Å²) in [5.41, 5.74) is 2.35. The molecule has 118 valence electrons. The van der Waals surface area contributed by atoms with Crippen molar-refractivity contribution >= 4 is 0 Å². The highest BCUT2D eigenvalue weighted by Gasteiger charge is 2.10. The number of aliphatic hydroxyl groups is 2. The molecule has 0 saturated carbocycles. The Labute approximate surface area is 132 Å². The topological polar surface area (TPSA) is 48.2 Å². The number of aromatic nitrogens is 2. The third-order valence-electron chi connectivity index (χ3n) is 3.78. The van der Waals surface area contributed by atoms with E-state index in [0.29, 0.717) is 0 Å². The van der Waals surface area contributed by atoms with Crippen molar-refractivity contribution in [3.05, 3.63) is 49.1 Å². The molecule has 2 heterocycles. The molecule has 2 rings (SSSR count). The maximum Gasteiger partial charge on any atom is 0.169 e. The number of hydrogen-bond acceptors (Lipinski definition) is 2. The van der Waals surface area contributed by atoms with Crippen LogP contribution in [0.5, 0.6) is 0 Å². The number of nitrogens with zero attached hydrogens (tertiary/aromatic N) is 2. The Kier molecular flexibility index (Phi) is 6.04. The lowest BCUT2D eigenvalue weighted by molar-refractivity contribution is -0.703. The zero-order valence-corrected chi connectivity index (χ0v) is 13.4. The summed E-state index contributed by atoms with van der Waals surface area (Å²) < 4.78 is 4.19. The fraction of sp³-hybridized carbons (Fsp3) is 0.444. The molecule has 0 fully saturated rings. The largest absolute Gasteiger partial charge is 0.396 e. The van der Waals surface area contributed by atoms with Crippen LogP contribution in [0.4, 0.5) is 0 Å². The van der Waals surface area contributed by atoms with Crippen molar-refractivity contribution in [2.45, 2.75) is 26.9 Å². The molecule has 2 atom stereocenters. The smallest absolute Gasteiger partial charge is 0.169 e. The van der Waals surface area contributed by atoms with Crippen molar-refractivity contribution in [3.8, 4) is 11.1 Å². The lowest BCUT2D eigenvalue weighted by atomic mass is 10.1. The second kappa shape index (κ2) is 8.01. The quantitative estimate of drug-likeness (QED) is 0.755. The van der Waals surface area contributed by atoms with E-state index in [2.05, 4.69) is 58.2 Å². The second-order valence-corrected chi connectivity index (χ2v) is 6.14. The van der Waals surface area contributed by atoms with Gasteiger partial charge in [-0.15, -0.1) is 0 Å². The molecule has 2 N–H and O–H groups in total. The van der Waals surface area contributed by atoms with Gasteiger partial charge in [-0.1, -0.05) is 13.8 Å². The van der Waals surface area contributed by atoms with Crippen LogP contribution in [0.2, 0.25) is 0 Å². The SMILES string of the molecule is C[C@H](CO)C[n+]1ccc(-c2cc[n+](C[C@H](C)CO)cc2)cc1. The summed E-state index contributed by atoms with van der Waals surface area (Å²) in [7, 11) is 0. The first-order valence-corrected chi connectivity index (χ1v) is 7.82. The average Bonchev–Trinajstić information content (AvgIpc) is 2.56. The number of rotatable bonds is 7. The van der Waals surface area contributed by atoms with Crippen LogP contribution in [0.3, 0.4) is 0 Å². The molecule has 0 aromatic carbocycles. The van der Waals surface area contributed by atoms with Crippen molar-refractivity contribution in [1.82, 2.24) is 0 Å². The minimum absolute atomic E-state index is 0.208. The molecule has 4 heteroatoms. The summed E-state index contributed by atoms with van der Waals surface area (Å²) in [6.07, 6.45) is 8.21. The van der Waals surface area contributed by atoms with Crippen LogP contribution in [-0.4, -0.2) is 23.4 Å². The summed E-state index contributed by atoms with van der Waals surface area (Å²) in [5.74, 6) is 0.528. The predicted octanol–water partition coefficient (Wildman–Crippen LogP) is 1.19. The van der Waals surface area contributed by atoms with E-state index in [-0.39, 0.29) is 25.0 Å². The summed E-state index contributed by atoms with van der Waals surface area (Å²) in [4.78, 5) is 0. The van der Waals surface area contributed by atoms with Gasteiger partial charge >= 0.3 is 0 Å². The Morgan fingerprint density at radius 2 is 1.05 bits per heavy atom. The molecule has 0 amide bonds. The highest BCUT2D eigenvalue weighted by Crippen LogP contribution is 2.15. The molecule has 4 nitrogen and oxygen atoms in total. The highest BCUT2D eigenvalue weighted by molar-refractivity contribution is 5.60. The molecule has 2 aromatic heterocycles. The fourth-order valence-corrected chi connectivity index (χ4v) is 2.38. The van der Waals surface area contributed by atoms with Crippen LogP contribution in [0.15, 0.2) is 49.1 Å². The number of hydrogen-bond donors (Lipinski definition) is 2. The molecule has 0 unspecified atom stereocenters. The Hall–Kier alpha value is -1.78. The average molecular weight is 302 g/mol. The standard InChI is InChI=1S/C18H26N2O2/c1-15(13-21)11-19-7-3-17(4-8-19)18-5-9-20(10-6-18)12-16(2)14-22/h3-10,15-16,21-22H,11-14H2,1-2H3/q+2/t15-,16-/m0/s1. The van der Waals surface area contributed by atoms with Gasteiger partial charge in [0.1, 0.15) is 0 Å². The second-order valence-electron chi connectivity index (χ2n) is 6.14. The van der Waals surface area contributed by atoms with Gasteiger partial charge in [-0.3, -0.25) is 0 Å². The van der Waals surface area contributed by atoms with E-state index >= 15 is 0 Å². The van der Waals surface area contributed by atoms with Gasteiger partial charge in [0.2, 0.25) is 0 Å². The minimum atomic E-state index is 0.208. The van der Waals surface area contributed by atoms with Gasteiger partial charge in [0.25, 0.3) is 0 Å². The molecule has 0 bridgehead atoms. The summed E-state index contributed by atoms with van der Waals surface area (Å²) in [6.45, 7) is 6.13. The van der Waals surface area contributed by atoms with Gasteiger partial charge < -0.3 is 10.2 Å². The van der Waals surface area contributed by atoms with E-state index in [1.807, 2.05) is 13.8 Å². The zero-order valence-electron chi connectivity index (χ0n) is 13.4. The fourth-order valence-electron chi connectivity index (χ4n) is 2.38. The van der Waals surface area contributed by atoms with Crippen LogP contribution in [0.25, 0.3) is 11.1 Å². The van der Waals surface area contributed by atoms with Gasteiger partial charge in [0, 0.05) is 36.1 Å². The van der Waals surface area contributed by atoms with Crippen LogP contribution in [-0.2, 0) is 13.1 Å². The first kappa shape index (κ1) is 16.6. The third-order valence-corrected chi connectivity index (χ3v) is 3.78. The van der Waals surface area contributed by atoms with E-state index in [0.717, 1.165) is 13.1 Å². The van der Waals surface area contributed by atoms with E-state index in [4.69, 9.17) is 10.2 Å². The van der Waals surface area contributed by atoms with Crippen molar-refractivity contribution in [2.24, 2.45) is 11.8 Å². The van der Waals surface area contributed by atoms with Gasteiger partial charge in [-0.2, -0.15) is 0 Å². The van der Waals surface area contributed by atoms with Gasteiger partial charge in [-0.25, -0.2) is 9.13 Å². The third kappa shape index (κ3) is 4.61. The van der Waals surface area contributed by atoms with Crippen LogP contribution >= 0.6 is 0 Å². The molecular weight excluding hydrogens is 276 g/mol. The minimum Gasteiger partial charge on any atom is -0.396 e. The molecule has 0 aliphatic rings. The monoisotopic (exact) mass is 302 g/mol. The van der Waals surface area contributed by atoms with E-state index in [1.54, 1.807) is 0 Å². The highest BCUT2D eigenvalue weighted by atomic mass is 16.3. The molecule has 0 saturated heterocycles. The Morgan fingerprint density at radius 1 is 0.727 bits per heavy atom. The first-order valence-electron chi connectivity index (χ1n) is 7.82. The Balaban J connectivity index is 2.05. The Bertz CT molecular complexity index is 513. The van der Waals surface area contributed by atoms with E-state index in [9.17, 15) is 0 Å². The molecule has 2 aromatic rings. The molecular formula is C18H26N2O2+2. The maximum absolute atomic E-state index is 9.10. The van der Waals surface area contributed by atoms with Crippen molar-refractivity contribution in [2.75, 3.05) is 13.2 Å². The number of pyridine rings is 2. The van der Waals surface area contributed by atoms with Crippen molar-refractivity contribution in [1.29, 1.82) is 0 Å². The molecule has 0 spiro atoms.